The molecule has 0 bridgehead atoms. The van der Waals surface area contributed by atoms with Crippen molar-refractivity contribution < 1.29 is 9.50 Å². The molecule has 0 aliphatic heterocycles. The van der Waals surface area contributed by atoms with Crippen LogP contribution in [0.1, 0.15) is 11.7 Å². The van der Waals surface area contributed by atoms with E-state index in [9.17, 15) is 9.50 Å². The Morgan fingerprint density at radius 3 is 2.46 bits per heavy atom. The van der Waals surface area contributed by atoms with E-state index >= 15 is 0 Å². The summed E-state index contributed by atoms with van der Waals surface area (Å²) in [4.78, 5) is -1.08. The van der Waals surface area contributed by atoms with Gasteiger partial charge in [-0.15, -0.1) is 23.2 Å². The zero-order chi connectivity index (χ0) is 10.0. The third-order valence-electron chi connectivity index (χ3n) is 1.52. The standard InChI is InChI=1S/C8H6Cl3FO/c9-4-1-2-6(12)5(3-4)7(13)8(10)11/h1-3,7-8,13H. The molecular formula is C8H6Cl3FO. The fraction of sp³-hybridized carbons (Fsp3) is 0.250. The van der Waals surface area contributed by atoms with Crippen LogP contribution in [0.4, 0.5) is 4.39 Å². The maximum absolute atomic E-state index is 13.0. The fourth-order valence-corrected chi connectivity index (χ4v) is 1.33. The Kier molecular flexibility index (Phi) is 3.80. The lowest BCUT2D eigenvalue weighted by Gasteiger charge is -2.12. The second-order valence-electron chi connectivity index (χ2n) is 2.45. The van der Waals surface area contributed by atoms with E-state index in [0.717, 1.165) is 6.07 Å². The number of aliphatic hydroxyl groups is 1. The summed E-state index contributed by atoms with van der Waals surface area (Å²) in [5.74, 6) is -0.580. The molecule has 0 heterocycles. The molecule has 0 radical (unpaired) electrons. The first-order chi connectivity index (χ1) is 6.02. The Hall–Kier alpha value is -0.0200. The fourth-order valence-electron chi connectivity index (χ4n) is 0.877. The van der Waals surface area contributed by atoms with Gasteiger partial charge in [-0.2, -0.15) is 0 Å². The van der Waals surface area contributed by atoms with E-state index in [1.54, 1.807) is 0 Å². The van der Waals surface area contributed by atoms with Crippen LogP contribution in [-0.2, 0) is 0 Å². The minimum absolute atomic E-state index is 0.00231. The van der Waals surface area contributed by atoms with Crippen LogP contribution >= 0.6 is 34.8 Å². The molecule has 0 aliphatic rings. The molecule has 1 N–H and O–H groups in total. The summed E-state index contributed by atoms with van der Waals surface area (Å²) < 4.78 is 13.0. The van der Waals surface area contributed by atoms with Crippen molar-refractivity contribution in [2.45, 2.75) is 10.9 Å². The van der Waals surface area contributed by atoms with E-state index in [1.807, 2.05) is 0 Å². The SMILES string of the molecule is OC(c1cc(Cl)ccc1F)C(Cl)Cl. The molecule has 0 spiro atoms. The number of hydrogen-bond acceptors (Lipinski definition) is 1. The maximum Gasteiger partial charge on any atom is 0.137 e. The molecule has 1 aromatic carbocycles. The second kappa shape index (κ2) is 4.47. The monoisotopic (exact) mass is 242 g/mol. The van der Waals surface area contributed by atoms with E-state index in [4.69, 9.17) is 34.8 Å². The van der Waals surface area contributed by atoms with Gasteiger partial charge in [0, 0.05) is 10.6 Å². The molecule has 0 saturated heterocycles. The summed E-state index contributed by atoms with van der Waals surface area (Å²) in [5.41, 5.74) is 0.00231. The van der Waals surface area contributed by atoms with Gasteiger partial charge < -0.3 is 5.11 Å². The maximum atomic E-state index is 13.0. The van der Waals surface area contributed by atoms with Crippen molar-refractivity contribution in [2.75, 3.05) is 0 Å². The molecule has 72 valence electrons. The van der Waals surface area contributed by atoms with E-state index < -0.39 is 16.8 Å². The number of aliphatic hydroxyl groups excluding tert-OH is 1. The van der Waals surface area contributed by atoms with Gasteiger partial charge in [0.25, 0.3) is 0 Å². The van der Waals surface area contributed by atoms with Crippen LogP contribution in [0.2, 0.25) is 5.02 Å². The van der Waals surface area contributed by atoms with Crippen LogP contribution in [0.25, 0.3) is 0 Å². The highest BCUT2D eigenvalue weighted by Gasteiger charge is 2.19. The lowest BCUT2D eigenvalue weighted by molar-refractivity contribution is 0.188. The average Bonchev–Trinajstić information content (AvgIpc) is 2.08. The van der Waals surface area contributed by atoms with Crippen molar-refractivity contribution in [1.29, 1.82) is 0 Å². The largest absolute Gasteiger partial charge is 0.385 e. The topological polar surface area (TPSA) is 20.2 Å². The molecule has 0 aromatic heterocycles. The van der Waals surface area contributed by atoms with Crippen molar-refractivity contribution in [3.8, 4) is 0 Å². The first-order valence-corrected chi connectivity index (χ1v) is 4.68. The predicted octanol–water partition coefficient (Wildman–Crippen LogP) is 3.32. The summed E-state index contributed by atoms with van der Waals surface area (Å²) in [6, 6.07) is 3.82. The normalized spacial score (nSPS) is 13.4. The van der Waals surface area contributed by atoms with Gasteiger partial charge in [-0.3, -0.25) is 0 Å². The van der Waals surface area contributed by atoms with Crippen LogP contribution in [0.3, 0.4) is 0 Å². The predicted molar refractivity (Wildman–Crippen MR) is 51.9 cm³/mol. The van der Waals surface area contributed by atoms with Crippen LogP contribution < -0.4 is 0 Å². The number of halogens is 4. The molecule has 1 aromatic rings. The van der Waals surface area contributed by atoms with Gasteiger partial charge >= 0.3 is 0 Å². The van der Waals surface area contributed by atoms with Crippen LogP contribution in [-0.4, -0.2) is 9.94 Å². The first-order valence-electron chi connectivity index (χ1n) is 3.43. The quantitative estimate of drug-likeness (QED) is 0.790. The third-order valence-corrected chi connectivity index (χ3v) is 2.23. The summed E-state index contributed by atoms with van der Waals surface area (Å²) in [5, 5.41) is 9.66. The summed E-state index contributed by atoms with van der Waals surface area (Å²) in [6.07, 6.45) is -1.26. The van der Waals surface area contributed by atoms with Crippen molar-refractivity contribution in [1.82, 2.24) is 0 Å². The number of benzene rings is 1. The van der Waals surface area contributed by atoms with Crippen LogP contribution in [0, 0.1) is 5.82 Å². The molecule has 0 fully saturated rings. The van der Waals surface area contributed by atoms with Crippen LogP contribution in [0.5, 0.6) is 0 Å². The van der Waals surface area contributed by atoms with Crippen molar-refractivity contribution >= 4 is 34.8 Å². The minimum atomic E-state index is -1.26. The molecule has 1 atom stereocenters. The van der Waals surface area contributed by atoms with Gasteiger partial charge in [0.05, 0.1) is 0 Å². The van der Waals surface area contributed by atoms with Gasteiger partial charge in [0.1, 0.15) is 16.8 Å². The van der Waals surface area contributed by atoms with Gasteiger partial charge in [-0.05, 0) is 18.2 Å². The van der Waals surface area contributed by atoms with Crippen LogP contribution in [0.15, 0.2) is 18.2 Å². The molecule has 13 heavy (non-hydrogen) atoms. The van der Waals surface area contributed by atoms with Gasteiger partial charge in [-0.25, -0.2) is 4.39 Å². The molecule has 0 saturated carbocycles. The van der Waals surface area contributed by atoms with Crippen molar-refractivity contribution in [2.24, 2.45) is 0 Å². The summed E-state index contributed by atoms with van der Waals surface area (Å²) in [7, 11) is 0. The Balaban J connectivity index is 3.05. The number of rotatable bonds is 2. The molecule has 1 rings (SSSR count). The molecule has 1 unspecified atom stereocenters. The summed E-state index contributed by atoms with van der Waals surface area (Å²) >= 11 is 16.4. The zero-order valence-electron chi connectivity index (χ0n) is 6.35. The zero-order valence-corrected chi connectivity index (χ0v) is 8.61. The Morgan fingerprint density at radius 1 is 1.31 bits per heavy atom. The molecule has 5 heteroatoms. The van der Waals surface area contributed by atoms with Crippen molar-refractivity contribution in [3.63, 3.8) is 0 Å². The van der Waals surface area contributed by atoms with E-state index in [2.05, 4.69) is 0 Å². The lowest BCUT2D eigenvalue weighted by Crippen LogP contribution is -2.08. The third kappa shape index (κ3) is 2.71. The van der Waals surface area contributed by atoms with Gasteiger partial charge in [-0.1, -0.05) is 11.6 Å². The Morgan fingerprint density at radius 2 is 1.92 bits per heavy atom. The average molecular weight is 243 g/mol. The second-order valence-corrected chi connectivity index (χ2v) is 4.05. The Bertz CT molecular complexity index is 303. The molecule has 1 nitrogen and oxygen atoms in total. The molecule has 0 aliphatic carbocycles. The number of alkyl halides is 2. The molecular weight excluding hydrogens is 237 g/mol. The van der Waals surface area contributed by atoms with E-state index in [0.29, 0.717) is 5.02 Å². The highest BCUT2D eigenvalue weighted by Crippen LogP contribution is 2.27. The minimum Gasteiger partial charge on any atom is -0.385 e. The smallest absolute Gasteiger partial charge is 0.137 e. The molecule has 0 amide bonds. The van der Waals surface area contributed by atoms with E-state index in [1.165, 1.54) is 12.1 Å². The number of hydrogen-bond donors (Lipinski definition) is 1. The first kappa shape index (κ1) is 11.1. The highest BCUT2D eigenvalue weighted by molar-refractivity contribution is 6.44. The van der Waals surface area contributed by atoms with Gasteiger partial charge in [0.2, 0.25) is 0 Å². The highest BCUT2D eigenvalue weighted by atomic mass is 35.5. The lowest BCUT2D eigenvalue weighted by atomic mass is 10.1. The Labute approximate surface area is 90.0 Å². The van der Waals surface area contributed by atoms with Gasteiger partial charge in [0.15, 0.2) is 0 Å². The van der Waals surface area contributed by atoms with Crippen molar-refractivity contribution in [3.05, 3.63) is 34.6 Å². The van der Waals surface area contributed by atoms with E-state index in [-0.39, 0.29) is 5.56 Å². The summed E-state index contributed by atoms with van der Waals surface area (Å²) in [6.45, 7) is 0.